The van der Waals surface area contributed by atoms with Gasteiger partial charge in [-0.05, 0) is 67.1 Å². The highest BCUT2D eigenvalue weighted by atomic mass is 32.2. The Kier molecular flexibility index (Phi) is 10.6. The third-order valence-corrected chi connectivity index (χ3v) is 9.62. The van der Waals surface area contributed by atoms with E-state index in [1.165, 1.54) is 21.3 Å². The number of benzene rings is 3. The van der Waals surface area contributed by atoms with Crippen LogP contribution in [0.2, 0.25) is 0 Å². The number of anilines is 1. The molecule has 2 amide bonds. The fourth-order valence-corrected chi connectivity index (χ4v) is 6.97. The van der Waals surface area contributed by atoms with Crippen molar-refractivity contribution in [1.82, 2.24) is 10.2 Å². The van der Waals surface area contributed by atoms with E-state index < -0.39 is 28.5 Å². The maximum absolute atomic E-state index is 14.3. The zero-order chi connectivity index (χ0) is 30.1. The summed E-state index contributed by atoms with van der Waals surface area (Å²) in [5, 5.41) is 3.14. The topological polar surface area (TPSA) is 96.0 Å². The highest BCUT2D eigenvalue weighted by molar-refractivity contribution is 7.92. The number of sulfonamides is 1. The molecule has 0 aliphatic heterocycles. The minimum Gasteiger partial charge on any atom is -0.497 e. The summed E-state index contributed by atoms with van der Waals surface area (Å²) in [5.74, 6) is 0.0151. The Morgan fingerprint density at radius 3 is 2.19 bits per heavy atom. The maximum atomic E-state index is 14.3. The Bertz CT molecular complexity index is 1440. The van der Waals surface area contributed by atoms with Crippen molar-refractivity contribution in [3.8, 4) is 5.75 Å². The third kappa shape index (κ3) is 7.31. The Morgan fingerprint density at radius 2 is 1.57 bits per heavy atom. The van der Waals surface area contributed by atoms with Crippen molar-refractivity contribution in [2.24, 2.45) is 0 Å². The first-order valence-electron chi connectivity index (χ1n) is 14.7. The standard InChI is InChI=1S/C33H41N3O5S/c1-4-26-13-9-12-18-31(26)36(42(39,40)29-16-7-6-8-17-29)24-32(37)35(23-25-19-21-28(41-3)22-20-25)30(5-2)33(38)34-27-14-10-11-15-27/h6-9,12-13,16-22,27,30H,4-5,10-11,14-15,23-24H2,1-3H3,(H,34,38)/t30-/m1/s1. The summed E-state index contributed by atoms with van der Waals surface area (Å²) in [6.07, 6.45) is 4.95. The van der Waals surface area contributed by atoms with Crippen LogP contribution in [0.4, 0.5) is 5.69 Å². The average molecular weight is 592 g/mol. The van der Waals surface area contributed by atoms with Gasteiger partial charge in [0.15, 0.2) is 0 Å². The number of rotatable bonds is 13. The van der Waals surface area contributed by atoms with E-state index in [2.05, 4.69) is 5.32 Å². The van der Waals surface area contributed by atoms with E-state index in [0.29, 0.717) is 24.3 Å². The predicted octanol–water partition coefficient (Wildman–Crippen LogP) is 5.32. The molecule has 3 aromatic carbocycles. The number of ether oxygens (including phenoxy) is 1. The number of para-hydroxylation sites is 1. The molecule has 1 aliphatic carbocycles. The molecule has 0 saturated heterocycles. The maximum Gasteiger partial charge on any atom is 0.264 e. The molecule has 0 radical (unpaired) electrons. The molecule has 1 N–H and O–H groups in total. The molecule has 0 spiro atoms. The Labute approximate surface area is 249 Å². The van der Waals surface area contributed by atoms with Crippen LogP contribution in [0.25, 0.3) is 0 Å². The van der Waals surface area contributed by atoms with Gasteiger partial charge in [-0.1, -0.05) is 75.2 Å². The summed E-state index contributed by atoms with van der Waals surface area (Å²) in [6, 6.07) is 22.0. The number of hydrogen-bond acceptors (Lipinski definition) is 5. The van der Waals surface area contributed by atoms with E-state index >= 15 is 0 Å². The van der Waals surface area contributed by atoms with E-state index in [0.717, 1.165) is 36.8 Å². The number of carbonyl (C=O) groups excluding carboxylic acids is 2. The summed E-state index contributed by atoms with van der Waals surface area (Å²) in [5.41, 5.74) is 2.06. The minimum atomic E-state index is -4.10. The molecule has 224 valence electrons. The van der Waals surface area contributed by atoms with Crippen LogP contribution in [-0.2, 0) is 32.6 Å². The quantitative estimate of drug-likeness (QED) is 0.290. The molecule has 0 aromatic heterocycles. The molecule has 1 fully saturated rings. The first-order valence-corrected chi connectivity index (χ1v) is 16.1. The van der Waals surface area contributed by atoms with Crippen LogP contribution in [0.5, 0.6) is 5.75 Å². The molecule has 1 atom stereocenters. The Balaban J connectivity index is 1.73. The average Bonchev–Trinajstić information content (AvgIpc) is 3.53. The highest BCUT2D eigenvalue weighted by Crippen LogP contribution is 2.28. The summed E-state index contributed by atoms with van der Waals surface area (Å²) in [7, 11) is -2.52. The first kappa shape index (κ1) is 31.1. The van der Waals surface area contributed by atoms with Crippen LogP contribution in [0.15, 0.2) is 83.8 Å². The lowest BCUT2D eigenvalue weighted by Gasteiger charge is -2.34. The van der Waals surface area contributed by atoms with Gasteiger partial charge in [0.25, 0.3) is 10.0 Å². The van der Waals surface area contributed by atoms with E-state index in [1.54, 1.807) is 49.6 Å². The molecular weight excluding hydrogens is 550 g/mol. The van der Waals surface area contributed by atoms with Crippen molar-refractivity contribution in [3.63, 3.8) is 0 Å². The van der Waals surface area contributed by atoms with Crippen LogP contribution in [0.3, 0.4) is 0 Å². The van der Waals surface area contributed by atoms with Crippen molar-refractivity contribution in [2.75, 3.05) is 18.0 Å². The second-order valence-electron chi connectivity index (χ2n) is 10.6. The fraction of sp³-hybridized carbons (Fsp3) is 0.394. The van der Waals surface area contributed by atoms with Crippen molar-refractivity contribution in [1.29, 1.82) is 0 Å². The molecule has 9 heteroatoms. The van der Waals surface area contributed by atoms with Gasteiger partial charge >= 0.3 is 0 Å². The Hall–Kier alpha value is -3.85. The van der Waals surface area contributed by atoms with Gasteiger partial charge in [-0.2, -0.15) is 0 Å². The van der Waals surface area contributed by atoms with E-state index in [4.69, 9.17) is 4.74 Å². The molecule has 8 nitrogen and oxygen atoms in total. The summed E-state index contributed by atoms with van der Waals surface area (Å²) < 4.78 is 34.6. The summed E-state index contributed by atoms with van der Waals surface area (Å²) in [6.45, 7) is 3.52. The lowest BCUT2D eigenvalue weighted by molar-refractivity contribution is -0.140. The molecule has 0 unspecified atom stereocenters. The molecule has 0 heterocycles. The van der Waals surface area contributed by atoms with E-state index in [1.807, 2.05) is 38.1 Å². The smallest absolute Gasteiger partial charge is 0.264 e. The monoisotopic (exact) mass is 591 g/mol. The third-order valence-electron chi connectivity index (χ3n) is 7.85. The van der Waals surface area contributed by atoms with Crippen molar-refractivity contribution < 1.29 is 22.7 Å². The van der Waals surface area contributed by atoms with E-state index in [-0.39, 0.29) is 23.4 Å². The predicted molar refractivity (Wildman–Crippen MR) is 165 cm³/mol. The van der Waals surface area contributed by atoms with Gasteiger partial charge in [0.1, 0.15) is 18.3 Å². The number of carbonyl (C=O) groups is 2. The number of hydrogen-bond donors (Lipinski definition) is 1. The highest BCUT2D eigenvalue weighted by Gasteiger charge is 2.35. The second-order valence-corrected chi connectivity index (χ2v) is 12.5. The first-order chi connectivity index (χ1) is 20.3. The minimum absolute atomic E-state index is 0.0934. The van der Waals surface area contributed by atoms with Gasteiger partial charge < -0.3 is 15.0 Å². The number of nitrogens with zero attached hydrogens (tertiary/aromatic N) is 2. The van der Waals surface area contributed by atoms with Gasteiger partial charge in [0.05, 0.1) is 17.7 Å². The molecule has 1 saturated carbocycles. The van der Waals surface area contributed by atoms with Gasteiger partial charge in [0.2, 0.25) is 11.8 Å². The van der Waals surface area contributed by atoms with Crippen LogP contribution in [-0.4, -0.2) is 50.9 Å². The zero-order valence-corrected chi connectivity index (χ0v) is 25.5. The normalized spacial score (nSPS) is 14.3. The fourth-order valence-electron chi connectivity index (χ4n) is 5.50. The van der Waals surface area contributed by atoms with Crippen molar-refractivity contribution in [3.05, 3.63) is 90.0 Å². The SMILES string of the molecule is CCc1ccccc1N(CC(=O)N(Cc1ccc(OC)cc1)[C@H](CC)C(=O)NC1CCCC1)S(=O)(=O)c1ccccc1. The van der Waals surface area contributed by atoms with Crippen molar-refractivity contribution in [2.45, 2.75) is 75.9 Å². The van der Waals surface area contributed by atoms with Crippen LogP contribution in [0, 0.1) is 0 Å². The largest absolute Gasteiger partial charge is 0.497 e. The number of methoxy groups -OCH3 is 1. The molecule has 42 heavy (non-hydrogen) atoms. The van der Waals surface area contributed by atoms with E-state index in [9.17, 15) is 18.0 Å². The Morgan fingerprint density at radius 1 is 0.929 bits per heavy atom. The van der Waals surface area contributed by atoms with Gasteiger partial charge in [-0.3, -0.25) is 13.9 Å². The molecule has 4 rings (SSSR count). The van der Waals surface area contributed by atoms with Crippen LogP contribution < -0.4 is 14.4 Å². The zero-order valence-electron chi connectivity index (χ0n) is 24.7. The lowest BCUT2D eigenvalue weighted by atomic mass is 10.1. The number of nitrogens with one attached hydrogen (secondary N) is 1. The van der Waals surface area contributed by atoms with Gasteiger partial charge in [-0.25, -0.2) is 8.42 Å². The second kappa shape index (κ2) is 14.4. The lowest BCUT2D eigenvalue weighted by Crippen LogP contribution is -2.53. The van der Waals surface area contributed by atoms with Gasteiger partial charge in [-0.15, -0.1) is 0 Å². The molecule has 1 aliphatic rings. The van der Waals surface area contributed by atoms with Crippen molar-refractivity contribution >= 4 is 27.5 Å². The molecule has 0 bridgehead atoms. The summed E-state index contributed by atoms with van der Waals surface area (Å²) in [4.78, 5) is 29.5. The number of aryl methyl sites for hydroxylation is 1. The van der Waals surface area contributed by atoms with Gasteiger partial charge in [0, 0.05) is 12.6 Å². The van der Waals surface area contributed by atoms with Crippen LogP contribution in [0.1, 0.15) is 57.1 Å². The van der Waals surface area contributed by atoms with Crippen LogP contribution >= 0.6 is 0 Å². The molecule has 3 aromatic rings. The summed E-state index contributed by atoms with van der Waals surface area (Å²) >= 11 is 0. The molecular formula is C33H41N3O5S. The number of amides is 2.